The molecule has 17 heavy (non-hydrogen) atoms. The SMILES string of the molecule is CCOC(=O)C(C)NC(=O)c1cccc(Br)c1. The van der Waals surface area contributed by atoms with Crippen LogP contribution in [0.4, 0.5) is 0 Å². The maximum absolute atomic E-state index is 11.8. The Morgan fingerprint density at radius 3 is 2.76 bits per heavy atom. The van der Waals surface area contributed by atoms with E-state index in [0.717, 1.165) is 4.47 Å². The third-order valence-corrected chi connectivity index (χ3v) is 2.57. The van der Waals surface area contributed by atoms with E-state index in [1.807, 2.05) is 6.07 Å². The van der Waals surface area contributed by atoms with Crippen LogP contribution in [-0.4, -0.2) is 24.5 Å². The molecule has 1 aromatic rings. The number of nitrogens with one attached hydrogen (secondary N) is 1. The van der Waals surface area contributed by atoms with Gasteiger partial charge in [-0.3, -0.25) is 4.79 Å². The van der Waals surface area contributed by atoms with Crippen molar-refractivity contribution in [3.8, 4) is 0 Å². The Labute approximate surface area is 108 Å². The quantitative estimate of drug-likeness (QED) is 0.867. The number of amides is 1. The van der Waals surface area contributed by atoms with Crippen LogP contribution in [0.25, 0.3) is 0 Å². The van der Waals surface area contributed by atoms with Gasteiger partial charge in [0.05, 0.1) is 6.61 Å². The van der Waals surface area contributed by atoms with Gasteiger partial charge in [-0.2, -0.15) is 0 Å². The molecule has 0 spiro atoms. The van der Waals surface area contributed by atoms with Crippen LogP contribution in [-0.2, 0) is 9.53 Å². The van der Waals surface area contributed by atoms with Gasteiger partial charge in [0.25, 0.3) is 5.91 Å². The summed E-state index contributed by atoms with van der Waals surface area (Å²) in [7, 11) is 0. The standard InChI is InChI=1S/C12H14BrNO3/c1-3-17-12(16)8(2)14-11(15)9-5-4-6-10(13)7-9/h4-8H,3H2,1-2H3,(H,14,15). The fourth-order valence-electron chi connectivity index (χ4n) is 1.24. The van der Waals surface area contributed by atoms with Crippen molar-refractivity contribution < 1.29 is 14.3 Å². The zero-order valence-electron chi connectivity index (χ0n) is 9.70. The number of rotatable bonds is 4. The summed E-state index contributed by atoms with van der Waals surface area (Å²) in [6.07, 6.45) is 0. The first-order valence-corrected chi connectivity index (χ1v) is 6.07. The van der Waals surface area contributed by atoms with Crippen LogP contribution < -0.4 is 5.32 Å². The monoisotopic (exact) mass is 299 g/mol. The first-order chi connectivity index (χ1) is 8.04. The lowest BCUT2D eigenvalue weighted by Gasteiger charge is -2.12. The molecule has 1 N–H and O–H groups in total. The topological polar surface area (TPSA) is 55.4 Å². The molecular formula is C12H14BrNO3. The molecule has 0 saturated carbocycles. The molecule has 1 rings (SSSR count). The first kappa shape index (κ1) is 13.7. The maximum Gasteiger partial charge on any atom is 0.328 e. The van der Waals surface area contributed by atoms with E-state index in [9.17, 15) is 9.59 Å². The van der Waals surface area contributed by atoms with Gasteiger partial charge in [0.1, 0.15) is 6.04 Å². The van der Waals surface area contributed by atoms with Gasteiger partial charge in [-0.05, 0) is 32.0 Å². The average Bonchev–Trinajstić information content (AvgIpc) is 2.29. The first-order valence-electron chi connectivity index (χ1n) is 5.27. The Morgan fingerprint density at radius 2 is 2.18 bits per heavy atom. The molecule has 0 aliphatic carbocycles. The van der Waals surface area contributed by atoms with Crippen LogP contribution in [0.3, 0.4) is 0 Å². The Balaban J connectivity index is 2.63. The van der Waals surface area contributed by atoms with Gasteiger partial charge >= 0.3 is 5.97 Å². The fraction of sp³-hybridized carbons (Fsp3) is 0.333. The van der Waals surface area contributed by atoms with Crippen LogP contribution in [0.5, 0.6) is 0 Å². The molecule has 0 radical (unpaired) electrons. The second kappa shape index (κ2) is 6.39. The molecule has 1 aromatic carbocycles. The minimum Gasteiger partial charge on any atom is -0.464 e. The molecule has 0 fully saturated rings. The molecule has 4 nitrogen and oxygen atoms in total. The lowest BCUT2D eigenvalue weighted by Crippen LogP contribution is -2.39. The lowest BCUT2D eigenvalue weighted by molar-refractivity contribution is -0.144. The molecule has 5 heteroatoms. The molecule has 0 aromatic heterocycles. The molecule has 1 atom stereocenters. The second-order valence-corrected chi connectivity index (χ2v) is 4.37. The molecule has 1 amide bonds. The van der Waals surface area contributed by atoms with E-state index in [0.29, 0.717) is 12.2 Å². The predicted octanol–water partition coefficient (Wildman–Crippen LogP) is 2.13. The van der Waals surface area contributed by atoms with Crippen molar-refractivity contribution in [1.82, 2.24) is 5.32 Å². The van der Waals surface area contributed by atoms with E-state index in [2.05, 4.69) is 21.2 Å². The van der Waals surface area contributed by atoms with E-state index < -0.39 is 12.0 Å². The summed E-state index contributed by atoms with van der Waals surface area (Å²) >= 11 is 3.28. The van der Waals surface area contributed by atoms with Crippen LogP contribution in [0.2, 0.25) is 0 Å². The van der Waals surface area contributed by atoms with Gasteiger partial charge in [0, 0.05) is 10.0 Å². The highest BCUT2D eigenvalue weighted by Gasteiger charge is 2.17. The zero-order chi connectivity index (χ0) is 12.8. The summed E-state index contributed by atoms with van der Waals surface area (Å²) in [6, 6.07) is 6.30. The van der Waals surface area contributed by atoms with E-state index >= 15 is 0 Å². The Bertz CT molecular complexity index is 420. The van der Waals surface area contributed by atoms with Crippen molar-refractivity contribution in [2.24, 2.45) is 0 Å². The van der Waals surface area contributed by atoms with Crippen molar-refractivity contribution in [3.05, 3.63) is 34.3 Å². The molecule has 1 unspecified atom stereocenters. The number of esters is 1. The minimum absolute atomic E-state index is 0.299. The Kier molecular flexibility index (Phi) is 5.15. The van der Waals surface area contributed by atoms with Gasteiger partial charge in [0.15, 0.2) is 0 Å². The summed E-state index contributed by atoms with van der Waals surface area (Å²) in [6.45, 7) is 3.62. The summed E-state index contributed by atoms with van der Waals surface area (Å²) < 4.78 is 5.62. The smallest absolute Gasteiger partial charge is 0.328 e. The van der Waals surface area contributed by atoms with Gasteiger partial charge in [-0.25, -0.2) is 4.79 Å². The maximum atomic E-state index is 11.8. The van der Waals surface area contributed by atoms with E-state index in [4.69, 9.17) is 4.74 Å². The zero-order valence-corrected chi connectivity index (χ0v) is 11.3. The molecule has 92 valence electrons. The number of halogens is 1. The lowest BCUT2D eigenvalue weighted by atomic mass is 10.2. The molecular weight excluding hydrogens is 286 g/mol. The van der Waals surface area contributed by atoms with Gasteiger partial charge in [-0.1, -0.05) is 22.0 Å². The number of carbonyl (C=O) groups excluding carboxylic acids is 2. The largest absolute Gasteiger partial charge is 0.464 e. The highest BCUT2D eigenvalue weighted by Crippen LogP contribution is 2.11. The highest BCUT2D eigenvalue weighted by molar-refractivity contribution is 9.10. The van der Waals surface area contributed by atoms with E-state index in [1.54, 1.807) is 32.0 Å². The van der Waals surface area contributed by atoms with Crippen molar-refractivity contribution in [2.45, 2.75) is 19.9 Å². The number of hydrogen-bond donors (Lipinski definition) is 1. The molecule has 0 saturated heterocycles. The third-order valence-electron chi connectivity index (χ3n) is 2.07. The fourth-order valence-corrected chi connectivity index (χ4v) is 1.64. The number of carbonyl (C=O) groups is 2. The van der Waals surface area contributed by atoms with Gasteiger partial charge in [0.2, 0.25) is 0 Å². The number of ether oxygens (including phenoxy) is 1. The number of hydrogen-bond acceptors (Lipinski definition) is 3. The highest BCUT2D eigenvalue weighted by atomic mass is 79.9. The van der Waals surface area contributed by atoms with Crippen molar-refractivity contribution in [2.75, 3.05) is 6.61 Å². The van der Waals surface area contributed by atoms with Crippen LogP contribution in [0.15, 0.2) is 28.7 Å². The Hall–Kier alpha value is -1.36. The third kappa shape index (κ3) is 4.19. The summed E-state index contributed by atoms with van der Waals surface area (Å²) in [5, 5.41) is 2.57. The van der Waals surface area contributed by atoms with Gasteiger partial charge in [-0.15, -0.1) is 0 Å². The van der Waals surface area contributed by atoms with Crippen LogP contribution in [0.1, 0.15) is 24.2 Å². The van der Waals surface area contributed by atoms with E-state index in [-0.39, 0.29) is 5.91 Å². The molecule has 0 aliphatic heterocycles. The molecule has 0 heterocycles. The van der Waals surface area contributed by atoms with E-state index in [1.165, 1.54) is 0 Å². The normalized spacial score (nSPS) is 11.7. The van der Waals surface area contributed by atoms with Gasteiger partial charge < -0.3 is 10.1 Å². The minimum atomic E-state index is -0.651. The summed E-state index contributed by atoms with van der Waals surface area (Å²) in [5.74, 6) is -0.734. The second-order valence-electron chi connectivity index (χ2n) is 3.46. The predicted molar refractivity (Wildman–Crippen MR) is 67.7 cm³/mol. The molecule has 0 bridgehead atoms. The average molecular weight is 300 g/mol. The Morgan fingerprint density at radius 1 is 1.47 bits per heavy atom. The molecule has 0 aliphatic rings. The van der Waals surface area contributed by atoms with Crippen molar-refractivity contribution in [1.29, 1.82) is 0 Å². The van der Waals surface area contributed by atoms with Crippen molar-refractivity contribution in [3.63, 3.8) is 0 Å². The summed E-state index contributed by atoms with van der Waals surface area (Å²) in [4.78, 5) is 23.1. The van der Waals surface area contributed by atoms with Crippen LogP contribution >= 0.6 is 15.9 Å². The summed E-state index contributed by atoms with van der Waals surface area (Å²) in [5.41, 5.74) is 0.496. The number of benzene rings is 1. The van der Waals surface area contributed by atoms with Crippen molar-refractivity contribution >= 4 is 27.8 Å². The van der Waals surface area contributed by atoms with Crippen LogP contribution in [0, 0.1) is 0 Å².